The van der Waals surface area contributed by atoms with E-state index in [-0.39, 0.29) is 16.2 Å². The van der Waals surface area contributed by atoms with E-state index in [1.54, 1.807) is 0 Å². The number of fused-ring (bicyclic) bond motifs is 17. The maximum atomic E-state index is 2.62. The number of benzene rings is 11. The first-order chi connectivity index (χ1) is 36.4. The van der Waals surface area contributed by atoms with E-state index in [1.807, 2.05) is 0 Å². The van der Waals surface area contributed by atoms with Crippen LogP contribution in [0.2, 0.25) is 0 Å². The second kappa shape index (κ2) is 15.6. The maximum absolute atomic E-state index is 2.62. The van der Waals surface area contributed by atoms with Gasteiger partial charge < -0.3 is 4.90 Å². The Kier molecular flexibility index (Phi) is 9.23. The zero-order chi connectivity index (χ0) is 50.6. The molecule has 0 amide bonds. The van der Waals surface area contributed by atoms with Crippen molar-refractivity contribution in [3.8, 4) is 55.6 Å². The van der Waals surface area contributed by atoms with Crippen LogP contribution in [-0.4, -0.2) is 0 Å². The normalized spacial score (nSPS) is 16.2. The van der Waals surface area contributed by atoms with E-state index >= 15 is 0 Å². The molecule has 1 heteroatoms. The highest BCUT2D eigenvalue weighted by molar-refractivity contribution is 6.14. The summed E-state index contributed by atoms with van der Waals surface area (Å²) in [5.74, 6) is 0. The molecule has 360 valence electrons. The molecule has 0 saturated heterocycles. The van der Waals surface area contributed by atoms with Gasteiger partial charge >= 0.3 is 0 Å². The van der Waals surface area contributed by atoms with Crippen molar-refractivity contribution in [2.75, 3.05) is 4.90 Å². The summed E-state index contributed by atoms with van der Waals surface area (Å²) in [6.45, 7) is 14.6. The summed E-state index contributed by atoms with van der Waals surface area (Å²) in [5.41, 5.74) is 26.8. The number of hydrogen-bond donors (Lipinski definition) is 0. The Labute approximate surface area is 441 Å². The van der Waals surface area contributed by atoms with Gasteiger partial charge in [0.15, 0.2) is 0 Å². The van der Waals surface area contributed by atoms with Gasteiger partial charge in [0.05, 0.1) is 11.1 Å². The van der Waals surface area contributed by atoms with Crippen LogP contribution in [0.25, 0.3) is 77.2 Å². The summed E-state index contributed by atoms with van der Waals surface area (Å²) in [6, 6.07) is 86.3. The van der Waals surface area contributed by atoms with Crippen LogP contribution in [-0.2, 0) is 21.7 Å². The van der Waals surface area contributed by atoms with E-state index in [9.17, 15) is 0 Å². The van der Waals surface area contributed by atoms with Crippen molar-refractivity contribution < 1.29 is 0 Å². The first-order valence-corrected chi connectivity index (χ1v) is 27.1. The highest BCUT2D eigenvalue weighted by Crippen LogP contribution is 2.65. The summed E-state index contributed by atoms with van der Waals surface area (Å²) in [5, 5.41) is 5.08. The van der Waals surface area contributed by atoms with Crippen molar-refractivity contribution in [1.82, 2.24) is 0 Å². The molecule has 11 aromatic carbocycles. The van der Waals surface area contributed by atoms with Gasteiger partial charge in [-0.05, 0) is 182 Å². The summed E-state index contributed by atoms with van der Waals surface area (Å²) >= 11 is 0. The predicted octanol–water partition coefficient (Wildman–Crippen LogP) is 19.8. The molecule has 1 nitrogen and oxygen atoms in total. The number of anilines is 3. The second-order valence-corrected chi connectivity index (χ2v) is 23.8. The average Bonchev–Trinajstić information content (AvgIpc) is 4.22. The molecule has 0 fully saturated rings. The number of nitrogens with zero attached hydrogens (tertiary/aromatic N) is 1. The van der Waals surface area contributed by atoms with Crippen molar-refractivity contribution in [2.45, 2.75) is 76.0 Å². The Morgan fingerprint density at radius 2 is 0.800 bits per heavy atom. The first kappa shape index (κ1) is 44.2. The minimum absolute atomic E-state index is 0.0364. The lowest BCUT2D eigenvalue weighted by Gasteiger charge is -2.42. The van der Waals surface area contributed by atoms with Crippen LogP contribution >= 0.6 is 0 Å². The summed E-state index contributed by atoms with van der Waals surface area (Å²) in [7, 11) is 0. The summed E-state index contributed by atoms with van der Waals surface area (Å²) < 4.78 is 0. The van der Waals surface area contributed by atoms with E-state index in [1.165, 1.54) is 134 Å². The highest BCUT2D eigenvalue weighted by atomic mass is 15.1. The number of hydrogen-bond acceptors (Lipinski definition) is 1. The lowest BCUT2D eigenvalue weighted by molar-refractivity contribution is 0.332. The number of rotatable bonds is 5. The van der Waals surface area contributed by atoms with Gasteiger partial charge in [-0.2, -0.15) is 0 Å². The van der Waals surface area contributed by atoms with Crippen LogP contribution in [0, 0.1) is 0 Å². The molecule has 0 heterocycles. The van der Waals surface area contributed by atoms with Gasteiger partial charge in [-0.3, -0.25) is 0 Å². The van der Waals surface area contributed by atoms with Gasteiger partial charge in [-0.1, -0.05) is 224 Å². The van der Waals surface area contributed by atoms with E-state index in [0.717, 1.165) is 17.8 Å². The Morgan fingerprint density at radius 3 is 1.47 bits per heavy atom. The fraction of sp³-hybridized carbons (Fsp3) is 0.162. The molecule has 0 aliphatic heterocycles. The van der Waals surface area contributed by atoms with Crippen LogP contribution in [0.3, 0.4) is 0 Å². The average molecular weight is 962 g/mol. The molecule has 0 N–H and O–H groups in total. The van der Waals surface area contributed by atoms with Crippen LogP contribution in [0.4, 0.5) is 17.1 Å². The monoisotopic (exact) mass is 961 g/mol. The zero-order valence-electron chi connectivity index (χ0n) is 43.7. The first-order valence-electron chi connectivity index (χ1n) is 27.1. The lowest BCUT2D eigenvalue weighted by atomic mass is 9.63. The molecule has 4 aliphatic carbocycles. The quantitative estimate of drug-likeness (QED) is 0.155. The molecular weight excluding hydrogens is 903 g/mol. The molecule has 11 aromatic rings. The Balaban J connectivity index is 1.03. The van der Waals surface area contributed by atoms with Crippen LogP contribution in [0.1, 0.15) is 98.9 Å². The molecule has 0 saturated carbocycles. The molecule has 0 unspecified atom stereocenters. The molecule has 0 radical (unpaired) electrons. The third-order valence-corrected chi connectivity index (χ3v) is 18.5. The Hall–Kier alpha value is -8.26. The van der Waals surface area contributed by atoms with Crippen LogP contribution < -0.4 is 4.90 Å². The van der Waals surface area contributed by atoms with Crippen LogP contribution in [0.15, 0.2) is 224 Å². The molecule has 1 spiro atoms. The molecule has 0 bridgehead atoms. The van der Waals surface area contributed by atoms with Crippen molar-refractivity contribution in [1.29, 1.82) is 0 Å². The molecule has 75 heavy (non-hydrogen) atoms. The van der Waals surface area contributed by atoms with Gasteiger partial charge in [0.1, 0.15) is 0 Å². The molecular formula is C74H59N. The molecule has 0 aromatic heterocycles. The summed E-state index contributed by atoms with van der Waals surface area (Å²) in [6.07, 6.45) is 2.33. The van der Waals surface area contributed by atoms with Gasteiger partial charge in [-0.15, -0.1) is 0 Å². The highest BCUT2D eigenvalue weighted by Gasteiger charge is 2.52. The van der Waals surface area contributed by atoms with Crippen molar-refractivity contribution in [3.05, 3.63) is 269 Å². The maximum Gasteiger partial charge on any atom is 0.0726 e. The van der Waals surface area contributed by atoms with Gasteiger partial charge in [0.25, 0.3) is 0 Å². The minimum Gasteiger partial charge on any atom is -0.310 e. The van der Waals surface area contributed by atoms with Crippen LogP contribution in [0.5, 0.6) is 0 Å². The second-order valence-electron chi connectivity index (χ2n) is 23.8. The fourth-order valence-corrected chi connectivity index (χ4v) is 14.6. The van der Waals surface area contributed by atoms with E-state index in [2.05, 4.69) is 271 Å². The lowest BCUT2D eigenvalue weighted by Crippen LogP contribution is -2.33. The Morgan fingerprint density at radius 1 is 0.293 bits per heavy atom. The third-order valence-electron chi connectivity index (χ3n) is 18.5. The van der Waals surface area contributed by atoms with Gasteiger partial charge in [0.2, 0.25) is 0 Å². The predicted molar refractivity (Wildman–Crippen MR) is 316 cm³/mol. The molecule has 0 atom stereocenters. The molecule has 15 rings (SSSR count). The Bertz CT molecular complexity index is 4170. The van der Waals surface area contributed by atoms with E-state index in [0.29, 0.717) is 0 Å². The van der Waals surface area contributed by atoms with E-state index < -0.39 is 5.41 Å². The van der Waals surface area contributed by atoms with Gasteiger partial charge in [0, 0.05) is 22.4 Å². The fourth-order valence-electron chi connectivity index (χ4n) is 14.6. The molecule has 4 aliphatic rings. The smallest absolute Gasteiger partial charge is 0.0726 e. The third kappa shape index (κ3) is 6.13. The summed E-state index contributed by atoms with van der Waals surface area (Å²) in [4.78, 5) is 2.61. The van der Waals surface area contributed by atoms with E-state index in [4.69, 9.17) is 0 Å². The standard InChI is InChI=1S/C74H59N/c1-71(2)39-40-72(3,4)69-42-48(33-38-66(69)71)60-44-61-57-26-14-18-30-65(57)74(63-28-16-12-24-55(63)56-25-13-17-29-64(56)74)68(61)45-70(60)75(50-36-37-58-54-23-11-15-27-62(54)73(5,6)67(58)43-50)49-34-31-46(32-35-49)59-41-47-19-7-8-20-51(47)52-21-9-10-22-53(52)59/h7-38,41-45H,39-40H2,1-6H3. The van der Waals surface area contributed by atoms with Crippen molar-refractivity contribution in [3.63, 3.8) is 0 Å². The van der Waals surface area contributed by atoms with Gasteiger partial charge in [-0.25, -0.2) is 0 Å². The van der Waals surface area contributed by atoms with Crippen molar-refractivity contribution >= 4 is 38.6 Å². The minimum atomic E-state index is -0.511. The van der Waals surface area contributed by atoms with Crippen molar-refractivity contribution in [2.24, 2.45) is 0 Å². The largest absolute Gasteiger partial charge is 0.310 e. The SMILES string of the molecule is CC1(C)CCC(C)(C)c2cc(-c3cc4c(cc3N(c3ccc(-c5cc6ccccc6c6ccccc56)cc3)c3ccc5c(c3)C(C)(C)c3ccccc3-5)C3(c5ccccc5-c5ccccc53)c3ccccc3-4)ccc21. The topological polar surface area (TPSA) is 3.24 Å². The zero-order valence-corrected chi connectivity index (χ0v) is 43.7.